The molecule has 0 unspecified atom stereocenters. The lowest BCUT2D eigenvalue weighted by molar-refractivity contribution is 1.10. The molecule has 0 saturated carbocycles. The quantitative estimate of drug-likeness (QED) is 0.685. The summed E-state index contributed by atoms with van der Waals surface area (Å²) >= 11 is 5.99. The van der Waals surface area contributed by atoms with Gasteiger partial charge in [0.15, 0.2) is 0 Å². The van der Waals surface area contributed by atoms with Gasteiger partial charge < -0.3 is 10.6 Å². The molecular weight excluding hydrogens is 334 g/mol. The van der Waals surface area contributed by atoms with E-state index in [0.29, 0.717) is 22.4 Å². The van der Waals surface area contributed by atoms with Gasteiger partial charge in [-0.15, -0.1) is 0 Å². The molecular formula is C19H16ClN5. The average Bonchev–Trinajstić information content (AvgIpc) is 2.57. The standard InChI is InChI=1S/C19H16ClN5/c1-12-8-15(20)6-7-17(12)24-19-22-13(2)9-18(25-19)23-16-5-3-4-14(10-16)11-21/h3-10H,1-2H3,(H2,22,23,24,25). The largest absolute Gasteiger partial charge is 0.340 e. The minimum atomic E-state index is 0.490. The predicted molar refractivity (Wildman–Crippen MR) is 101 cm³/mol. The summed E-state index contributed by atoms with van der Waals surface area (Å²) in [5.41, 5.74) is 4.11. The highest BCUT2D eigenvalue weighted by molar-refractivity contribution is 6.30. The van der Waals surface area contributed by atoms with Crippen LogP contribution >= 0.6 is 11.6 Å². The molecule has 0 bridgehead atoms. The Labute approximate surface area is 151 Å². The first-order valence-corrected chi connectivity index (χ1v) is 8.07. The van der Waals surface area contributed by atoms with Crippen molar-refractivity contribution in [3.63, 3.8) is 0 Å². The fourth-order valence-electron chi connectivity index (χ4n) is 2.39. The van der Waals surface area contributed by atoms with Gasteiger partial charge in [-0.3, -0.25) is 0 Å². The molecule has 0 aliphatic rings. The van der Waals surface area contributed by atoms with E-state index in [-0.39, 0.29) is 0 Å². The topological polar surface area (TPSA) is 73.6 Å². The van der Waals surface area contributed by atoms with Crippen molar-refractivity contribution in [1.29, 1.82) is 5.26 Å². The van der Waals surface area contributed by atoms with Gasteiger partial charge in [0.2, 0.25) is 5.95 Å². The first kappa shape index (κ1) is 16.7. The highest BCUT2D eigenvalue weighted by atomic mass is 35.5. The summed E-state index contributed by atoms with van der Waals surface area (Å²) in [5.74, 6) is 1.14. The summed E-state index contributed by atoms with van der Waals surface area (Å²) in [6.45, 7) is 3.87. The molecule has 6 heteroatoms. The Morgan fingerprint density at radius 3 is 2.60 bits per heavy atom. The lowest BCUT2D eigenvalue weighted by atomic mass is 10.2. The molecule has 1 aromatic heterocycles. The molecule has 5 nitrogen and oxygen atoms in total. The van der Waals surface area contributed by atoms with Crippen LogP contribution in [-0.2, 0) is 0 Å². The fourth-order valence-corrected chi connectivity index (χ4v) is 2.62. The van der Waals surface area contributed by atoms with Gasteiger partial charge >= 0.3 is 0 Å². The number of aryl methyl sites for hydroxylation is 2. The van der Waals surface area contributed by atoms with Crippen molar-refractivity contribution in [3.05, 3.63) is 70.4 Å². The van der Waals surface area contributed by atoms with Crippen molar-refractivity contribution < 1.29 is 0 Å². The Morgan fingerprint density at radius 2 is 1.84 bits per heavy atom. The molecule has 3 rings (SSSR count). The van der Waals surface area contributed by atoms with Crippen LogP contribution in [0.5, 0.6) is 0 Å². The molecule has 0 radical (unpaired) electrons. The van der Waals surface area contributed by atoms with Crippen LogP contribution in [0, 0.1) is 25.2 Å². The monoisotopic (exact) mass is 349 g/mol. The molecule has 1 heterocycles. The van der Waals surface area contributed by atoms with Crippen LogP contribution in [0.25, 0.3) is 0 Å². The molecule has 2 N–H and O–H groups in total. The minimum Gasteiger partial charge on any atom is -0.340 e. The molecule has 0 amide bonds. The molecule has 0 fully saturated rings. The van der Waals surface area contributed by atoms with Crippen molar-refractivity contribution in [1.82, 2.24) is 9.97 Å². The second-order valence-corrected chi connectivity index (χ2v) is 6.06. The summed E-state index contributed by atoms with van der Waals surface area (Å²) in [4.78, 5) is 8.91. The van der Waals surface area contributed by atoms with Crippen LogP contribution in [0.15, 0.2) is 48.5 Å². The van der Waals surface area contributed by atoms with Crippen molar-refractivity contribution in [2.75, 3.05) is 10.6 Å². The van der Waals surface area contributed by atoms with E-state index in [1.54, 1.807) is 12.1 Å². The summed E-state index contributed by atoms with van der Waals surface area (Å²) in [6.07, 6.45) is 0. The highest BCUT2D eigenvalue weighted by Gasteiger charge is 2.06. The van der Waals surface area contributed by atoms with Crippen molar-refractivity contribution >= 4 is 34.7 Å². The maximum Gasteiger partial charge on any atom is 0.229 e. The van der Waals surface area contributed by atoms with Gasteiger partial charge in [-0.2, -0.15) is 10.2 Å². The van der Waals surface area contributed by atoms with Crippen molar-refractivity contribution in [2.45, 2.75) is 13.8 Å². The average molecular weight is 350 g/mol. The highest BCUT2D eigenvalue weighted by Crippen LogP contribution is 2.24. The van der Waals surface area contributed by atoms with E-state index in [9.17, 15) is 0 Å². The van der Waals surface area contributed by atoms with E-state index in [0.717, 1.165) is 22.6 Å². The Balaban J connectivity index is 1.86. The van der Waals surface area contributed by atoms with E-state index in [4.69, 9.17) is 16.9 Å². The normalized spacial score (nSPS) is 10.2. The van der Waals surface area contributed by atoms with Gasteiger partial charge in [0.05, 0.1) is 11.6 Å². The number of hydrogen-bond acceptors (Lipinski definition) is 5. The van der Waals surface area contributed by atoms with Gasteiger partial charge in [-0.05, 0) is 55.8 Å². The molecule has 0 spiro atoms. The van der Waals surface area contributed by atoms with E-state index in [2.05, 4.69) is 26.7 Å². The third-order valence-corrected chi connectivity index (χ3v) is 3.79. The maximum atomic E-state index is 9.00. The lowest BCUT2D eigenvalue weighted by Crippen LogP contribution is -2.03. The van der Waals surface area contributed by atoms with Crippen LogP contribution in [0.2, 0.25) is 5.02 Å². The lowest BCUT2D eigenvalue weighted by Gasteiger charge is -2.12. The van der Waals surface area contributed by atoms with Crippen LogP contribution in [0.3, 0.4) is 0 Å². The van der Waals surface area contributed by atoms with E-state index in [1.807, 2.05) is 50.2 Å². The number of nitrogens with one attached hydrogen (secondary N) is 2. The SMILES string of the molecule is Cc1cc(Nc2cccc(C#N)c2)nc(Nc2ccc(Cl)cc2C)n1. The molecule has 0 aliphatic heterocycles. The Bertz CT molecular complexity index is 962. The van der Waals surface area contributed by atoms with Crippen molar-refractivity contribution in [3.8, 4) is 6.07 Å². The van der Waals surface area contributed by atoms with E-state index < -0.39 is 0 Å². The minimum absolute atomic E-state index is 0.490. The number of hydrogen-bond donors (Lipinski definition) is 2. The summed E-state index contributed by atoms with van der Waals surface area (Å²) in [6, 6.07) is 16.8. The Kier molecular flexibility index (Phi) is 4.82. The molecule has 0 aliphatic carbocycles. The van der Waals surface area contributed by atoms with Gasteiger partial charge in [0.25, 0.3) is 0 Å². The summed E-state index contributed by atoms with van der Waals surface area (Å²) in [7, 11) is 0. The third kappa shape index (κ3) is 4.25. The number of anilines is 4. The molecule has 0 saturated heterocycles. The first-order chi connectivity index (χ1) is 12.0. The number of nitriles is 1. The third-order valence-electron chi connectivity index (χ3n) is 3.55. The fraction of sp³-hybridized carbons (Fsp3) is 0.105. The maximum absolute atomic E-state index is 9.00. The van der Waals surface area contributed by atoms with E-state index >= 15 is 0 Å². The van der Waals surface area contributed by atoms with Gasteiger partial charge in [0, 0.05) is 28.2 Å². The predicted octanol–water partition coefficient (Wildman–Crippen LogP) is 5.11. The molecule has 124 valence electrons. The molecule has 0 atom stereocenters. The summed E-state index contributed by atoms with van der Waals surface area (Å²) in [5, 5.41) is 16.1. The van der Waals surface area contributed by atoms with Crippen LogP contribution in [0.4, 0.5) is 23.1 Å². The second-order valence-electron chi connectivity index (χ2n) is 5.62. The first-order valence-electron chi connectivity index (χ1n) is 7.69. The zero-order chi connectivity index (χ0) is 17.8. The smallest absolute Gasteiger partial charge is 0.229 e. The molecule has 2 aromatic carbocycles. The van der Waals surface area contributed by atoms with Crippen LogP contribution in [-0.4, -0.2) is 9.97 Å². The number of rotatable bonds is 4. The number of nitrogens with zero attached hydrogens (tertiary/aromatic N) is 3. The van der Waals surface area contributed by atoms with E-state index in [1.165, 1.54) is 0 Å². The Morgan fingerprint density at radius 1 is 1.00 bits per heavy atom. The van der Waals surface area contributed by atoms with Crippen LogP contribution < -0.4 is 10.6 Å². The number of halogens is 1. The Hall–Kier alpha value is -3.10. The number of benzene rings is 2. The zero-order valence-electron chi connectivity index (χ0n) is 13.8. The molecule has 25 heavy (non-hydrogen) atoms. The zero-order valence-corrected chi connectivity index (χ0v) is 14.6. The van der Waals surface area contributed by atoms with Gasteiger partial charge in [-0.1, -0.05) is 17.7 Å². The van der Waals surface area contributed by atoms with Crippen molar-refractivity contribution in [2.24, 2.45) is 0 Å². The van der Waals surface area contributed by atoms with Gasteiger partial charge in [0.1, 0.15) is 5.82 Å². The van der Waals surface area contributed by atoms with Gasteiger partial charge in [-0.25, -0.2) is 4.98 Å². The number of aromatic nitrogens is 2. The second kappa shape index (κ2) is 7.20. The molecule has 3 aromatic rings. The summed E-state index contributed by atoms with van der Waals surface area (Å²) < 4.78 is 0. The van der Waals surface area contributed by atoms with Crippen LogP contribution in [0.1, 0.15) is 16.8 Å².